The van der Waals surface area contributed by atoms with Crippen LogP contribution in [0.5, 0.6) is 5.75 Å². The number of carbonyl (C=O) groups is 1. The molecule has 2 nitrogen and oxygen atoms in total. The molecule has 0 saturated heterocycles. The molecule has 0 fully saturated rings. The van der Waals surface area contributed by atoms with Crippen molar-refractivity contribution < 1.29 is 9.53 Å². The molecule has 2 aromatic rings. The maximum atomic E-state index is 12.3. The van der Waals surface area contributed by atoms with Crippen LogP contribution in [-0.4, -0.2) is 12.9 Å². The van der Waals surface area contributed by atoms with Gasteiger partial charge in [0.05, 0.1) is 11.6 Å². The third-order valence-electron chi connectivity index (χ3n) is 2.94. The number of hydrogen-bond donors (Lipinski definition) is 0. The monoisotopic (exact) mass is 352 g/mol. The van der Waals surface area contributed by atoms with Gasteiger partial charge < -0.3 is 4.74 Å². The van der Waals surface area contributed by atoms with Gasteiger partial charge in [0.25, 0.3) is 0 Å². The van der Waals surface area contributed by atoms with Crippen molar-refractivity contribution in [2.24, 2.45) is 0 Å². The molecule has 0 N–H and O–H groups in total. The highest BCUT2D eigenvalue weighted by Gasteiger charge is 2.10. The predicted molar refractivity (Wildman–Crippen MR) is 84.9 cm³/mol. The first-order valence-electron chi connectivity index (χ1n) is 6.12. The molecule has 2 rings (SSSR count). The van der Waals surface area contributed by atoms with E-state index in [0.29, 0.717) is 17.0 Å². The van der Waals surface area contributed by atoms with E-state index in [1.54, 1.807) is 13.2 Å². The van der Waals surface area contributed by atoms with Crippen LogP contribution in [0.25, 0.3) is 0 Å². The zero-order chi connectivity index (χ0) is 14.7. The van der Waals surface area contributed by atoms with E-state index in [4.69, 9.17) is 16.3 Å². The van der Waals surface area contributed by atoms with Crippen LogP contribution in [0.15, 0.2) is 40.9 Å². The highest BCUT2D eigenvalue weighted by Crippen LogP contribution is 2.26. The van der Waals surface area contributed by atoms with Crippen molar-refractivity contribution in [3.63, 3.8) is 0 Å². The number of benzene rings is 2. The van der Waals surface area contributed by atoms with Gasteiger partial charge in [-0.1, -0.05) is 17.7 Å². The van der Waals surface area contributed by atoms with E-state index in [0.717, 1.165) is 21.3 Å². The van der Waals surface area contributed by atoms with E-state index in [1.165, 1.54) is 0 Å². The number of ether oxygens (including phenoxy) is 1. The summed E-state index contributed by atoms with van der Waals surface area (Å²) in [6.07, 6.45) is 0.336. The van der Waals surface area contributed by atoms with Gasteiger partial charge in [0.15, 0.2) is 5.78 Å². The first kappa shape index (κ1) is 15.1. The molecule has 0 radical (unpaired) electrons. The second-order valence-corrected chi connectivity index (χ2v) is 5.88. The fraction of sp³-hybridized carbons (Fsp3) is 0.188. The standard InChI is InChI=1S/C16H14BrClO2/c1-10-5-12(9-13(18)6-10)15(19)8-11-3-4-16(20-2)14(17)7-11/h3-7,9H,8H2,1-2H3. The van der Waals surface area contributed by atoms with Gasteiger partial charge in [-0.15, -0.1) is 0 Å². The van der Waals surface area contributed by atoms with E-state index >= 15 is 0 Å². The molecule has 0 amide bonds. The largest absolute Gasteiger partial charge is 0.496 e. The molecule has 0 aliphatic heterocycles. The number of halogens is 2. The van der Waals surface area contributed by atoms with Crippen molar-refractivity contribution in [2.45, 2.75) is 13.3 Å². The van der Waals surface area contributed by atoms with Gasteiger partial charge in [0, 0.05) is 17.0 Å². The summed E-state index contributed by atoms with van der Waals surface area (Å²) in [5, 5.41) is 0.587. The Morgan fingerprint density at radius 1 is 1.25 bits per heavy atom. The lowest BCUT2D eigenvalue weighted by Crippen LogP contribution is -2.04. The van der Waals surface area contributed by atoms with Crippen molar-refractivity contribution in [2.75, 3.05) is 7.11 Å². The summed E-state index contributed by atoms with van der Waals surface area (Å²) >= 11 is 9.41. The van der Waals surface area contributed by atoms with Gasteiger partial charge in [0.2, 0.25) is 0 Å². The van der Waals surface area contributed by atoms with E-state index in [1.807, 2.05) is 37.3 Å². The molecule has 0 aromatic heterocycles. The summed E-state index contributed by atoms with van der Waals surface area (Å²) in [6.45, 7) is 1.92. The van der Waals surface area contributed by atoms with Gasteiger partial charge in [-0.3, -0.25) is 4.79 Å². The van der Waals surface area contributed by atoms with Gasteiger partial charge in [-0.25, -0.2) is 0 Å². The minimum absolute atomic E-state index is 0.0488. The molecule has 0 heterocycles. The summed E-state index contributed by atoms with van der Waals surface area (Å²) in [5.41, 5.74) is 2.55. The van der Waals surface area contributed by atoms with Crippen LogP contribution >= 0.6 is 27.5 Å². The molecule has 0 aliphatic carbocycles. The van der Waals surface area contributed by atoms with Crippen molar-refractivity contribution in [3.05, 3.63) is 62.6 Å². The van der Waals surface area contributed by atoms with Crippen LogP contribution in [0.1, 0.15) is 21.5 Å². The normalized spacial score (nSPS) is 10.4. The Bertz CT molecular complexity index is 633. The fourth-order valence-electron chi connectivity index (χ4n) is 2.00. The number of Topliss-reactive ketones (excluding diaryl/α,β-unsaturated/α-hetero) is 1. The maximum Gasteiger partial charge on any atom is 0.167 e. The Balaban J connectivity index is 2.21. The minimum atomic E-state index is 0.0488. The lowest BCUT2D eigenvalue weighted by molar-refractivity contribution is 0.0993. The van der Waals surface area contributed by atoms with Gasteiger partial charge in [-0.05, 0) is 64.3 Å². The number of hydrogen-bond acceptors (Lipinski definition) is 2. The van der Waals surface area contributed by atoms with Crippen LogP contribution in [0.4, 0.5) is 0 Å². The highest BCUT2D eigenvalue weighted by molar-refractivity contribution is 9.10. The number of aryl methyl sites for hydroxylation is 1. The molecule has 0 saturated carbocycles. The molecule has 104 valence electrons. The zero-order valence-electron chi connectivity index (χ0n) is 11.2. The van der Waals surface area contributed by atoms with Gasteiger partial charge >= 0.3 is 0 Å². The SMILES string of the molecule is COc1ccc(CC(=O)c2cc(C)cc(Cl)c2)cc1Br. The van der Waals surface area contributed by atoms with Gasteiger partial charge in [-0.2, -0.15) is 0 Å². The fourth-order valence-corrected chi connectivity index (χ4v) is 2.88. The topological polar surface area (TPSA) is 26.3 Å². The summed E-state index contributed by atoms with van der Waals surface area (Å²) < 4.78 is 6.01. The highest BCUT2D eigenvalue weighted by atomic mass is 79.9. The van der Waals surface area contributed by atoms with Crippen molar-refractivity contribution in [1.82, 2.24) is 0 Å². The maximum absolute atomic E-state index is 12.3. The lowest BCUT2D eigenvalue weighted by atomic mass is 10.0. The molecular weight excluding hydrogens is 340 g/mol. The van der Waals surface area contributed by atoms with E-state index in [2.05, 4.69) is 15.9 Å². The average molecular weight is 354 g/mol. The Labute approximate surface area is 131 Å². The smallest absolute Gasteiger partial charge is 0.167 e. The quantitative estimate of drug-likeness (QED) is 0.735. The molecule has 0 aliphatic rings. The average Bonchev–Trinajstić information content (AvgIpc) is 2.37. The zero-order valence-corrected chi connectivity index (χ0v) is 13.6. The van der Waals surface area contributed by atoms with Crippen LogP contribution in [0.2, 0.25) is 5.02 Å². The van der Waals surface area contributed by atoms with E-state index < -0.39 is 0 Å². The Morgan fingerprint density at radius 3 is 2.60 bits per heavy atom. The third-order valence-corrected chi connectivity index (χ3v) is 3.78. The number of rotatable bonds is 4. The number of carbonyl (C=O) groups excluding carboxylic acids is 1. The molecule has 2 aromatic carbocycles. The Hall–Kier alpha value is -1.32. The lowest BCUT2D eigenvalue weighted by Gasteiger charge is -2.07. The molecule has 0 unspecified atom stereocenters. The molecule has 4 heteroatoms. The van der Waals surface area contributed by atoms with Crippen LogP contribution in [0.3, 0.4) is 0 Å². The first-order valence-corrected chi connectivity index (χ1v) is 7.29. The Kier molecular flexibility index (Phi) is 4.84. The molecule has 20 heavy (non-hydrogen) atoms. The second kappa shape index (κ2) is 6.42. The molecular formula is C16H14BrClO2. The first-order chi connectivity index (χ1) is 9.49. The third kappa shape index (κ3) is 3.62. The van der Waals surface area contributed by atoms with Crippen LogP contribution in [0, 0.1) is 6.92 Å². The number of methoxy groups -OCH3 is 1. The summed E-state index contributed by atoms with van der Waals surface area (Å²) in [4.78, 5) is 12.3. The summed E-state index contributed by atoms with van der Waals surface area (Å²) in [5.74, 6) is 0.799. The number of ketones is 1. The van der Waals surface area contributed by atoms with Gasteiger partial charge in [0.1, 0.15) is 5.75 Å². The molecule has 0 bridgehead atoms. The van der Waals surface area contributed by atoms with Crippen LogP contribution in [-0.2, 0) is 6.42 Å². The molecule has 0 spiro atoms. The summed E-state index contributed by atoms with van der Waals surface area (Å²) in [7, 11) is 1.61. The Morgan fingerprint density at radius 2 is 2.00 bits per heavy atom. The van der Waals surface area contributed by atoms with E-state index in [9.17, 15) is 4.79 Å². The summed E-state index contributed by atoms with van der Waals surface area (Å²) in [6, 6.07) is 11.0. The van der Waals surface area contributed by atoms with Crippen molar-refractivity contribution >= 4 is 33.3 Å². The van der Waals surface area contributed by atoms with Crippen molar-refractivity contribution in [1.29, 1.82) is 0 Å². The van der Waals surface area contributed by atoms with Crippen molar-refractivity contribution in [3.8, 4) is 5.75 Å². The minimum Gasteiger partial charge on any atom is -0.496 e. The predicted octanol–water partition coefficient (Wildman–Crippen LogP) is 4.84. The van der Waals surface area contributed by atoms with Crippen LogP contribution < -0.4 is 4.74 Å². The van der Waals surface area contributed by atoms with E-state index in [-0.39, 0.29) is 5.78 Å². The molecule has 0 atom stereocenters. The second-order valence-electron chi connectivity index (χ2n) is 4.59.